The average molecular weight is 328 g/mol. The molecular weight excluding hydrogens is 305 g/mol. The van der Waals surface area contributed by atoms with Gasteiger partial charge >= 0.3 is 6.09 Å². The van der Waals surface area contributed by atoms with Crippen LogP contribution in [0.5, 0.6) is 5.75 Å². The van der Waals surface area contributed by atoms with E-state index >= 15 is 0 Å². The van der Waals surface area contributed by atoms with Crippen molar-refractivity contribution in [2.45, 2.75) is 33.1 Å². The molecule has 0 aromatic heterocycles. The largest absolute Gasteiger partial charge is 0.412 e. The second-order valence-corrected chi connectivity index (χ2v) is 5.53. The van der Waals surface area contributed by atoms with E-state index in [1.165, 1.54) is 12.1 Å². The number of hydrogen-bond acceptors (Lipinski definition) is 2. The lowest BCUT2D eigenvalue weighted by molar-refractivity contribution is 0.200. The Morgan fingerprint density at radius 1 is 1.00 bits per heavy atom. The Balaban J connectivity index is 2.02. The lowest BCUT2D eigenvalue weighted by atomic mass is 9.89. The molecule has 1 amide bonds. The van der Waals surface area contributed by atoms with Gasteiger partial charge in [0.05, 0.1) is 0 Å². The normalized spacial score (nSPS) is 10.7. The van der Waals surface area contributed by atoms with Gasteiger partial charge in [-0.05, 0) is 48.2 Å². The standard InChI is InChI=1S/C20H23FNO2/c1-3-5-14-22-20(23)24-18-12-8-16(9-13-18)19(4-2)15-6-10-17(21)11-7-15/h6-13H,3-5,14H2,1-2H3,(H,22,23). The van der Waals surface area contributed by atoms with E-state index in [1.807, 2.05) is 12.1 Å². The van der Waals surface area contributed by atoms with Crippen molar-refractivity contribution in [1.82, 2.24) is 5.32 Å². The molecule has 1 radical (unpaired) electrons. The van der Waals surface area contributed by atoms with Crippen molar-refractivity contribution in [2.75, 3.05) is 6.54 Å². The summed E-state index contributed by atoms with van der Waals surface area (Å²) in [6, 6.07) is 13.8. The third kappa shape index (κ3) is 5.08. The minimum Gasteiger partial charge on any atom is -0.410 e. The van der Waals surface area contributed by atoms with Crippen LogP contribution in [0, 0.1) is 11.7 Å². The number of hydrogen-bond donors (Lipinski definition) is 1. The third-order valence-corrected chi connectivity index (χ3v) is 3.76. The lowest BCUT2D eigenvalue weighted by Crippen LogP contribution is -2.27. The molecule has 0 aliphatic rings. The summed E-state index contributed by atoms with van der Waals surface area (Å²) in [6.07, 6.45) is 2.34. The summed E-state index contributed by atoms with van der Waals surface area (Å²) in [5.41, 5.74) is 2.02. The van der Waals surface area contributed by atoms with E-state index in [1.54, 1.807) is 24.3 Å². The molecule has 0 heterocycles. The first-order valence-electron chi connectivity index (χ1n) is 8.32. The minimum absolute atomic E-state index is 0.243. The molecule has 0 atom stereocenters. The van der Waals surface area contributed by atoms with Gasteiger partial charge in [-0.1, -0.05) is 44.5 Å². The Kier molecular flexibility index (Phi) is 6.79. The fourth-order valence-electron chi connectivity index (χ4n) is 2.46. The van der Waals surface area contributed by atoms with Gasteiger partial charge in [0.1, 0.15) is 11.6 Å². The highest BCUT2D eigenvalue weighted by molar-refractivity contribution is 5.70. The molecule has 0 fully saturated rings. The molecule has 1 N–H and O–H groups in total. The quantitative estimate of drug-likeness (QED) is 0.719. The van der Waals surface area contributed by atoms with E-state index in [0.717, 1.165) is 36.3 Å². The molecule has 3 nitrogen and oxygen atoms in total. The molecule has 127 valence electrons. The summed E-state index contributed by atoms with van der Waals surface area (Å²) in [4.78, 5) is 11.6. The van der Waals surface area contributed by atoms with E-state index in [-0.39, 0.29) is 5.82 Å². The van der Waals surface area contributed by atoms with Gasteiger partial charge in [0.15, 0.2) is 0 Å². The SMILES string of the molecule is CCCCNC(=O)Oc1ccc([C](CC)c2ccc(F)cc2)cc1. The van der Waals surface area contributed by atoms with Crippen LogP contribution < -0.4 is 10.1 Å². The first kappa shape index (κ1) is 18.0. The van der Waals surface area contributed by atoms with E-state index < -0.39 is 6.09 Å². The lowest BCUT2D eigenvalue weighted by Gasteiger charge is -2.15. The molecule has 0 aliphatic carbocycles. The van der Waals surface area contributed by atoms with Crippen LogP contribution in [0.4, 0.5) is 9.18 Å². The summed E-state index contributed by atoms with van der Waals surface area (Å²) < 4.78 is 18.3. The molecule has 4 heteroatoms. The summed E-state index contributed by atoms with van der Waals surface area (Å²) in [5.74, 6) is 1.38. The number of carbonyl (C=O) groups excluding carboxylic acids is 1. The number of nitrogens with one attached hydrogen (secondary N) is 1. The van der Waals surface area contributed by atoms with Crippen molar-refractivity contribution in [2.24, 2.45) is 0 Å². The molecule has 0 unspecified atom stereocenters. The zero-order valence-electron chi connectivity index (χ0n) is 14.1. The summed E-state index contributed by atoms with van der Waals surface area (Å²) >= 11 is 0. The highest BCUT2D eigenvalue weighted by atomic mass is 19.1. The van der Waals surface area contributed by atoms with Crippen molar-refractivity contribution >= 4 is 6.09 Å². The van der Waals surface area contributed by atoms with Crippen molar-refractivity contribution < 1.29 is 13.9 Å². The van der Waals surface area contributed by atoms with E-state index in [4.69, 9.17) is 4.74 Å². The maximum absolute atomic E-state index is 13.1. The van der Waals surface area contributed by atoms with E-state index in [2.05, 4.69) is 19.2 Å². The van der Waals surface area contributed by atoms with Gasteiger partial charge in [-0.2, -0.15) is 0 Å². The zero-order chi connectivity index (χ0) is 17.4. The molecule has 2 aromatic rings. The third-order valence-electron chi connectivity index (χ3n) is 3.76. The first-order valence-corrected chi connectivity index (χ1v) is 8.32. The van der Waals surface area contributed by atoms with Crippen LogP contribution in [0.3, 0.4) is 0 Å². The number of halogens is 1. The van der Waals surface area contributed by atoms with Gasteiger partial charge in [-0.25, -0.2) is 9.18 Å². The van der Waals surface area contributed by atoms with E-state index in [9.17, 15) is 9.18 Å². The minimum atomic E-state index is -0.436. The molecule has 24 heavy (non-hydrogen) atoms. The number of ether oxygens (including phenoxy) is 1. The number of rotatable bonds is 7. The van der Waals surface area contributed by atoms with Crippen molar-refractivity contribution in [3.63, 3.8) is 0 Å². The van der Waals surface area contributed by atoms with Gasteiger partial charge in [0.2, 0.25) is 0 Å². The molecule has 0 saturated carbocycles. The fraction of sp³-hybridized carbons (Fsp3) is 0.300. The number of benzene rings is 2. The van der Waals surface area contributed by atoms with E-state index in [0.29, 0.717) is 12.3 Å². The number of unbranched alkanes of at least 4 members (excludes halogenated alkanes) is 1. The summed E-state index contributed by atoms with van der Waals surface area (Å²) in [5, 5.41) is 2.71. The fourth-order valence-corrected chi connectivity index (χ4v) is 2.46. The Labute approximate surface area is 142 Å². The smallest absolute Gasteiger partial charge is 0.410 e. The average Bonchev–Trinajstić information content (AvgIpc) is 2.59. The van der Waals surface area contributed by atoms with Gasteiger partial charge in [-0.3, -0.25) is 0 Å². The van der Waals surface area contributed by atoms with Gasteiger partial charge in [0.25, 0.3) is 0 Å². The van der Waals surface area contributed by atoms with Crippen LogP contribution in [0.2, 0.25) is 0 Å². The second kappa shape index (κ2) is 9.06. The highest BCUT2D eigenvalue weighted by Crippen LogP contribution is 2.28. The Morgan fingerprint density at radius 3 is 2.12 bits per heavy atom. The maximum atomic E-state index is 13.1. The van der Waals surface area contributed by atoms with Crippen LogP contribution in [-0.2, 0) is 0 Å². The highest BCUT2D eigenvalue weighted by Gasteiger charge is 2.13. The maximum Gasteiger partial charge on any atom is 0.412 e. The predicted molar refractivity (Wildman–Crippen MR) is 93.5 cm³/mol. The Bertz CT molecular complexity index is 638. The van der Waals surface area contributed by atoms with Crippen LogP contribution in [0.15, 0.2) is 48.5 Å². The van der Waals surface area contributed by atoms with Crippen LogP contribution in [-0.4, -0.2) is 12.6 Å². The number of carbonyl (C=O) groups is 1. The molecule has 0 spiro atoms. The summed E-state index contributed by atoms with van der Waals surface area (Å²) in [6.45, 7) is 4.74. The van der Waals surface area contributed by atoms with Crippen molar-refractivity contribution in [3.8, 4) is 5.75 Å². The van der Waals surface area contributed by atoms with Crippen LogP contribution >= 0.6 is 0 Å². The topological polar surface area (TPSA) is 38.3 Å². The molecular formula is C20H23FNO2. The van der Waals surface area contributed by atoms with Crippen molar-refractivity contribution in [1.29, 1.82) is 0 Å². The molecule has 2 aromatic carbocycles. The summed E-state index contributed by atoms with van der Waals surface area (Å²) in [7, 11) is 0. The van der Waals surface area contributed by atoms with Gasteiger partial charge in [-0.15, -0.1) is 0 Å². The molecule has 0 saturated heterocycles. The molecule has 0 aliphatic heterocycles. The Hall–Kier alpha value is -2.36. The zero-order valence-corrected chi connectivity index (χ0v) is 14.1. The monoisotopic (exact) mass is 328 g/mol. The first-order chi connectivity index (χ1) is 11.6. The predicted octanol–water partition coefficient (Wildman–Crippen LogP) is 5.10. The van der Waals surface area contributed by atoms with Crippen LogP contribution in [0.1, 0.15) is 44.2 Å². The second-order valence-electron chi connectivity index (χ2n) is 5.53. The Morgan fingerprint density at radius 2 is 1.58 bits per heavy atom. The van der Waals surface area contributed by atoms with Crippen molar-refractivity contribution in [3.05, 3.63) is 71.4 Å². The van der Waals surface area contributed by atoms with Crippen LogP contribution in [0.25, 0.3) is 0 Å². The number of amides is 1. The van der Waals surface area contributed by atoms with Gasteiger partial charge < -0.3 is 10.1 Å². The molecule has 0 bridgehead atoms. The van der Waals surface area contributed by atoms with Gasteiger partial charge in [0, 0.05) is 12.5 Å². The molecule has 2 rings (SSSR count).